The van der Waals surface area contributed by atoms with Crippen molar-refractivity contribution in [3.05, 3.63) is 201 Å². The van der Waals surface area contributed by atoms with E-state index in [2.05, 4.69) is 201 Å². The van der Waals surface area contributed by atoms with Crippen LogP contribution in [0.2, 0.25) is 0 Å². The highest BCUT2D eigenvalue weighted by Gasteiger charge is 2.38. The predicted octanol–water partition coefficient (Wildman–Crippen LogP) is 15.7. The number of phenols is 2. The number of benzene rings is 6. The van der Waals surface area contributed by atoms with Gasteiger partial charge in [0.15, 0.2) is 0 Å². The smallest absolute Gasteiger partial charge is 0.124 e. The Morgan fingerprint density at radius 3 is 0.968 bits per heavy atom. The molecular formula is C58H68O2S2. The Labute approximate surface area is 382 Å². The zero-order chi connectivity index (χ0) is 44.1. The third kappa shape index (κ3) is 9.73. The molecule has 1 fully saturated rings. The van der Waals surface area contributed by atoms with Crippen LogP contribution in [0.5, 0.6) is 11.5 Å². The lowest BCUT2D eigenvalue weighted by molar-refractivity contribution is 0.450. The van der Waals surface area contributed by atoms with E-state index in [0.717, 1.165) is 68.9 Å². The molecule has 0 amide bonds. The quantitative estimate of drug-likeness (QED) is 0.120. The molecule has 2 nitrogen and oxygen atoms in total. The molecule has 7 rings (SSSR count). The lowest BCUT2D eigenvalue weighted by Gasteiger charge is -2.35. The van der Waals surface area contributed by atoms with Gasteiger partial charge in [0.2, 0.25) is 0 Å². The van der Waals surface area contributed by atoms with Gasteiger partial charge in [-0.1, -0.05) is 213 Å². The summed E-state index contributed by atoms with van der Waals surface area (Å²) in [6.45, 7) is 18.2. The van der Waals surface area contributed by atoms with Crippen molar-refractivity contribution in [3.63, 3.8) is 0 Å². The first kappa shape index (κ1) is 45.6. The average Bonchev–Trinajstić information content (AvgIpc) is 3.26. The van der Waals surface area contributed by atoms with Crippen LogP contribution in [0.15, 0.2) is 146 Å². The fourth-order valence-electron chi connectivity index (χ4n) is 9.47. The van der Waals surface area contributed by atoms with Crippen LogP contribution in [0, 0.1) is 0 Å². The monoisotopic (exact) mass is 860 g/mol. The maximum absolute atomic E-state index is 12.5. The first-order valence-corrected chi connectivity index (χ1v) is 24.9. The number of hydrogen-bond donors (Lipinski definition) is 2. The summed E-state index contributed by atoms with van der Waals surface area (Å²) in [6, 6.07) is 51.8. The Hall–Kier alpha value is -4.38. The van der Waals surface area contributed by atoms with Crippen molar-refractivity contribution < 1.29 is 10.2 Å². The fraction of sp³-hybridized carbons (Fsp3) is 0.379. The van der Waals surface area contributed by atoms with E-state index in [-0.39, 0.29) is 10.8 Å². The van der Waals surface area contributed by atoms with E-state index in [4.69, 9.17) is 0 Å². The van der Waals surface area contributed by atoms with Gasteiger partial charge >= 0.3 is 0 Å². The molecule has 0 aromatic heterocycles. The van der Waals surface area contributed by atoms with Crippen LogP contribution in [0.25, 0.3) is 0 Å². The average molecular weight is 861 g/mol. The molecule has 62 heavy (non-hydrogen) atoms. The Morgan fingerprint density at radius 1 is 0.403 bits per heavy atom. The Bertz CT molecular complexity index is 2130. The van der Waals surface area contributed by atoms with E-state index >= 15 is 0 Å². The van der Waals surface area contributed by atoms with Gasteiger partial charge < -0.3 is 10.2 Å². The molecule has 2 atom stereocenters. The molecule has 0 unspecified atom stereocenters. The summed E-state index contributed by atoms with van der Waals surface area (Å²) in [5.41, 5.74) is 9.79. The molecule has 1 aliphatic carbocycles. The molecule has 0 saturated heterocycles. The van der Waals surface area contributed by atoms with Gasteiger partial charge in [0.1, 0.15) is 11.5 Å². The first-order valence-electron chi connectivity index (χ1n) is 22.8. The fourth-order valence-corrected chi connectivity index (χ4v) is 12.5. The highest BCUT2D eigenvalue weighted by Crippen LogP contribution is 2.49. The van der Waals surface area contributed by atoms with Crippen LogP contribution in [0.4, 0.5) is 0 Å². The van der Waals surface area contributed by atoms with Gasteiger partial charge in [-0.2, -0.15) is 23.5 Å². The Morgan fingerprint density at radius 2 is 0.694 bits per heavy atom. The minimum Gasteiger partial charge on any atom is -0.507 e. The molecule has 0 aliphatic heterocycles. The number of thioether (sulfide) groups is 2. The summed E-state index contributed by atoms with van der Waals surface area (Å²) in [5, 5.41) is 25.9. The van der Waals surface area contributed by atoms with Crippen LogP contribution in [-0.4, -0.2) is 20.7 Å². The van der Waals surface area contributed by atoms with Crippen LogP contribution in [0.3, 0.4) is 0 Å². The molecule has 324 valence electrons. The van der Waals surface area contributed by atoms with E-state index in [0.29, 0.717) is 22.0 Å². The zero-order valence-electron chi connectivity index (χ0n) is 38.4. The normalized spacial score (nSPS) is 16.7. The van der Waals surface area contributed by atoms with Gasteiger partial charge in [-0.25, -0.2) is 0 Å². The summed E-state index contributed by atoms with van der Waals surface area (Å²) in [6.07, 6.45) is 7.28. The van der Waals surface area contributed by atoms with Crippen molar-refractivity contribution in [2.24, 2.45) is 0 Å². The molecule has 6 aromatic rings. The molecule has 1 aliphatic rings. The third-order valence-corrected chi connectivity index (χ3v) is 16.8. The lowest BCUT2D eigenvalue weighted by Crippen LogP contribution is -2.27. The van der Waals surface area contributed by atoms with Crippen LogP contribution in [0.1, 0.15) is 150 Å². The van der Waals surface area contributed by atoms with Crippen molar-refractivity contribution in [1.82, 2.24) is 0 Å². The van der Waals surface area contributed by atoms with Gasteiger partial charge in [-0.3, -0.25) is 0 Å². The zero-order valence-corrected chi connectivity index (χ0v) is 40.0. The van der Waals surface area contributed by atoms with Crippen LogP contribution in [-0.2, 0) is 33.2 Å². The molecule has 0 bridgehead atoms. The maximum atomic E-state index is 12.5. The molecule has 2 N–H and O–H groups in total. The van der Waals surface area contributed by atoms with Crippen molar-refractivity contribution in [2.75, 3.05) is 0 Å². The minimum atomic E-state index is -0.550. The largest absolute Gasteiger partial charge is 0.507 e. The van der Waals surface area contributed by atoms with E-state index in [9.17, 15) is 10.2 Å². The van der Waals surface area contributed by atoms with Gasteiger partial charge in [0.05, 0.1) is 0 Å². The van der Waals surface area contributed by atoms with E-state index in [1.807, 2.05) is 23.5 Å². The molecule has 0 heterocycles. The van der Waals surface area contributed by atoms with Crippen molar-refractivity contribution in [3.8, 4) is 11.5 Å². The molecule has 0 radical (unpaired) electrons. The SMILES string of the molecule is CC(C)(C)c1cc(CS[C@H]2CCCCCC[C@@H]2SCc2cc(C(C)(C)C)cc(C(C)(c3ccccc3)c3ccccc3)c2O)c(O)c(C(C)(c2ccccc2)c2ccccc2)c1. The number of aromatic hydroxyl groups is 2. The van der Waals surface area contributed by atoms with Gasteiger partial charge in [-0.15, -0.1) is 0 Å². The molecule has 0 spiro atoms. The summed E-state index contributed by atoms with van der Waals surface area (Å²) >= 11 is 4.06. The number of hydrogen-bond acceptors (Lipinski definition) is 4. The molecule has 4 heteroatoms. The Kier molecular flexibility index (Phi) is 14.1. The number of rotatable bonds is 12. The van der Waals surface area contributed by atoms with Crippen molar-refractivity contribution in [2.45, 2.75) is 138 Å². The second-order valence-corrected chi connectivity index (χ2v) is 22.4. The van der Waals surface area contributed by atoms with Crippen LogP contribution >= 0.6 is 23.5 Å². The van der Waals surface area contributed by atoms with E-state index in [1.54, 1.807) is 0 Å². The second kappa shape index (κ2) is 19.2. The summed E-state index contributed by atoms with van der Waals surface area (Å²) in [4.78, 5) is 0. The van der Waals surface area contributed by atoms with Gasteiger partial charge in [0, 0.05) is 55.1 Å². The van der Waals surface area contributed by atoms with Gasteiger partial charge in [-0.05, 0) is 70.9 Å². The third-order valence-electron chi connectivity index (χ3n) is 13.6. The summed E-state index contributed by atoms with van der Waals surface area (Å²) in [5.74, 6) is 2.30. The highest BCUT2D eigenvalue weighted by molar-refractivity contribution is 8.03. The van der Waals surface area contributed by atoms with Crippen molar-refractivity contribution in [1.29, 1.82) is 0 Å². The molecule has 6 aromatic carbocycles. The van der Waals surface area contributed by atoms with Gasteiger partial charge in [0.25, 0.3) is 0 Å². The lowest BCUT2D eigenvalue weighted by atomic mass is 9.69. The highest BCUT2D eigenvalue weighted by atomic mass is 32.2. The number of phenolic OH excluding ortho intramolecular Hbond substituents is 2. The van der Waals surface area contributed by atoms with Crippen LogP contribution < -0.4 is 0 Å². The first-order chi connectivity index (χ1) is 29.6. The maximum Gasteiger partial charge on any atom is 0.124 e. The summed E-state index contributed by atoms with van der Waals surface area (Å²) < 4.78 is 0. The minimum absolute atomic E-state index is 0.103. The molecule has 1 saturated carbocycles. The molecular weight excluding hydrogens is 793 g/mol. The van der Waals surface area contributed by atoms with E-state index < -0.39 is 10.8 Å². The predicted molar refractivity (Wildman–Crippen MR) is 268 cm³/mol. The summed E-state index contributed by atoms with van der Waals surface area (Å²) in [7, 11) is 0. The second-order valence-electron chi connectivity index (χ2n) is 20.0. The topological polar surface area (TPSA) is 40.5 Å². The van der Waals surface area contributed by atoms with E-state index in [1.165, 1.54) is 36.8 Å². The Balaban J connectivity index is 1.24. The van der Waals surface area contributed by atoms with Crippen molar-refractivity contribution >= 4 is 23.5 Å². The standard InChI is InChI=1S/C58H68O2S2/c1-55(2,3)47-35-41(53(59)49(37-47)57(7,43-25-15-11-16-26-43)44-27-17-12-18-28-44)39-61-51-33-23-9-10-24-34-52(51)62-40-42-36-48(56(4,5)6)38-50(54(42)60)58(8,45-29-19-13-20-30-45)46-31-21-14-22-32-46/h11-22,25-32,35-38,51-52,59-60H,9-10,23-24,33-34,39-40H2,1-8H3/t51-,52-/m0/s1.